The molecule has 0 saturated carbocycles. The standard InChI is InChI=1S/C36H34O12/c1-4-31(37)43-20-19-25-9-11-26(12-10-25)36(42)48-30-18-17-29(23-24(30)3)47-35(41)27-13-15-28(16-14-27)46-34(40)8-6-7-33(39)45-22-21-44-32(38)5-2/h4-5,9-18,23H,1-2,6-8,19-22H2,3H3. The lowest BCUT2D eigenvalue weighted by Gasteiger charge is -2.11. The highest BCUT2D eigenvalue weighted by Gasteiger charge is 2.15. The van der Waals surface area contributed by atoms with Gasteiger partial charge < -0.3 is 28.4 Å². The Hall–Kier alpha value is -6.04. The summed E-state index contributed by atoms with van der Waals surface area (Å²) >= 11 is 0. The van der Waals surface area contributed by atoms with Crippen molar-refractivity contribution in [1.29, 1.82) is 0 Å². The SMILES string of the molecule is C=CC(=O)OCCOC(=O)CCCC(=O)Oc1ccc(C(=O)Oc2ccc(OC(=O)c3ccc(CCOC(=O)C=C)cc3)c(C)c2)cc1. The van der Waals surface area contributed by atoms with Crippen LogP contribution < -0.4 is 14.2 Å². The van der Waals surface area contributed by atoms with Gasteiger partial charge in [-0.15, -0.1) is 0 Å². The van der Waals surface area contributed by atoms with Gasteiger partial charge in [0.2, 0.25) is 0 Å². The average Bonchev–Trinajstić information content (AvgIpc) is 3.08. The van der Waals surface area contributed by atoms with E-state index in [2.05, 4.69) is 13.2 Å². The zero-order valence-corrected chi connectivity index (χ0v) is 26.3. The summed E-state index contributed by atoms with van der Waals surface area (Å²) in [4.78, 5) is 71.2. The van der Waals surface area contributed by atoms with E-state index in [0.29, 0.717) is 17.5 Å². The van der Waals surface area contributed by atoms with E-state index in [-0.39, 0.29) is 61.9 Å². The smallest absolute Gasteiger partial charge is 0.343 e. The second-order valence-electron chi connectivity index (χ2n) is 9.97. The third-order valence-corrected chi connectivity index (χ3v) is 6.39. The zero-order valence-electron chi connectivity index (χ0n) is 26.3. The first-order chi connectivity index (χ1) is 23.1. The molecular formula is C36H34O12. The molecule has 12 heteroatoms. The number of aryl methyl sites for hydroxylation is 1. The van der Waals surface area contributed by atoms with Gasteiger partial charge in [0.05, 0.1) is 17.7 Å². The van der Waals surface area contributed by atoms with Crippen molar-refractivity contribution < 1.29 is 57.2 Å². The minimum absolute atomic E-state index is 0.0227. The minimum atomic E-state index is -0.658. The molecule has 250 valence electrons. The summed E-state index contributed by atoms with van der Waals surface area (Å²) in [6.45, 7) is 8.28. The van der Waals surface area contributed by atoms with Crippen LogP contribution in [0.4, 0.5) is 0 Å². The Morgan fingerprint density at radius 2 is 1.15 bits per heavy atom. The first-order valence-electron chi connectivity index (χ1n) is 14.8. The van der Waals surface area contributed by atoms with Gasteiger partial charge in [-0.1, -0.05) is 25.3 Å². The van der Waals surface area contributed by atoms with E-state index in [1.165, 1.54) is 36.4 Å². The normalized spacial score (nSPS) is 10.2. The van der Waals surface area contributed by atoms with Crippen molar-refractivity contribution >= 4 is 35.8 Å². The van der Waals surface area contributed by atoms with Crippen LogP contribution in [0.2, 0.25) is 0 Å². The third kappa shape index (κ3) is 12.4. The minimum Gasteiger partial charge on any atom is -0.462 e. The van der Waals surface area contributed by atoms with Crippen molar-refractivity contribution in [2.24, 2.45) is 0 Å². The molecule has 0 aromatic heterocycles. The highest BCUT2D eigenvalue weighted by molar-refractivity contribution is 5.92. The molecule has 0 radical (unpaired) electrons. The first kappa shape index (κ1) is 36.4. The fraction of sp³-hybridized carbons (Fsp3) is 0.222. The third-order valence-electron chi connectivity index (χ3n) is 6.39. The van der Waals surface area contributed by atoms with Gasteiger partial charge >= 0.3 is 35.8 Å². The molecule has 3 aromatic rings. The fourth-order valence-corrected chi connectivity index (χ4v) is 3.91. The summed E-state index contributed by atoms with van der Waals surface area (Å²) in [6, 6.07) is 17.0. The van der Waals surface area contributed by atoms with Crippen LogP contribution in [0, 0.1) is 6.92 Å². The Balaban J connectivity index is 1.42. The second-order valence-corrected chi connectivity index (χ2v) is 9.97. The number of ether oxygens (including phenoxy) is 6. The Morgan fingerprint density at radius 1 is 0.604 bits per heavy atom. The second kappa shape index (κ2) is 18.8. The van der Waals surface area contributed by atoms with E-state index < -0.39 is 35.8 Å². The van der Waals surface area contributed by atoms with E-state index in [1.807, 2.05) is 0 Å². The van der Waals surface area contributed by atoms with Gasteiger partial charge in [0.15, 0.2) is 0 Å². The largest absolute Gasteiger partial charge is 0.462 e. The summed E-state index contributed by atoms with van der Waals surface area (Å²) in [5.74, 6) is -2.75. The molecular weight excluding hydrogens is 624 g/mol. The van der Waals surface area contributed by atoms with Crippen molar-refractivity contribution in [3.8, 4) is 17.2 Å². The number of hydrogen-bond acceptors (Lipinski definition) is 12. The van der Waals surface area contributed by atoms with E-state index >= 15 is 0 Å². The van der Waals surface area contributed by atoms with E-state index in [9.17, 15) is 28.8 Å². The van der Waals surface area contributed by atoms with Crippen molar-refractivity contribution in [2.45, 2.75) is 32.6 Å². The Labute approximate surface area is 276 Å². The predicted molar refractivity (Wildman–Crippen MR) is 170 cm³/mol. The molecule has 0 aliphatic heterocycles. The van der Waals surface area contributed by atoms with Crippen LogP contribution in [0.3, 0.4) is 0 Å². The van der Waals surface area contributed by atoms with Gasteiger partial charge in [-0.25, -0.2) is 19.2 Å². The quantitative estimate of drug-likeness (QED) is 0.0626. The molecule has 0 atom stereocenters. The first-order valence-corrected chi connectivity index (χ1v) is 14.8. The fourth-order valence-electron chi connectivity index (χ4n) is 3.91. The summed E-state index contributed by atoms with van der Waals surface area (Å²) in [7, 11) is 0. The summed E-state index contributed by atoms with van der Waals surface area (Å²) in [5.41, 5.74) is 1.95. The molecule has 0 aliphatic rings. The van der Waals surface area contributed by atoms with Crippen LogP contribution in [0.5, 0.6) is 17.2 Å². The topological polar surface area (TPSA) is 158 Å². The van der Waals surface area contributed by atoms with Crippen LogP contribution in [0.25, 0.3) is 0 Å². The number of benzene rings is 3. The molecule has 0 fully saturated rings. The van der Waals surface area contributed by atoms with E-state index in [4.69, 9.17) is 28.4 Å². The molecule has 0 bridgehead atoms. The Kier molecular flexibility index (Phi) is 14.3. The molecule has 0 unspecified atom stereocenters. The number of esters is 6. The molecule has 0 heterocycles. The molecule has 0 spiro atoms. The zero-order chi connectivity index (χ0) is 34.9. The summed E-state index contributed by atoms with van der Waals surface area (Å²) in [5, 5.41) is 0. The number of carbonyl (C=O) groups is 6. The van der Waals surface area contributed by atoms with Crippen LogP contribution in [0.1, 0.15) is 51.1 Å². The van der Waals surface area contributed by atoms with Gasteiger partial charge in [0, 0.05) is 31.4 Å². The molecule has 0 N–H and O–H groups in total. The molecule has 48 heavy (non-hydrogen) atoms. The molecule has 0 amide bonds. The van der Waals surface area contributed by atoms with Crippen LogP contribution in [0.15, 0.2) is 92.0 Å². The highest BCUT2D eigenvalue weighted by Crippen LogP contribution is 2.25. The average molecular weight is 659 g/mol. The van der Waals surface area contributed by atoms with Gasteiger partial charge in [0.1, 0.15) is 30.5 Å². The Bertz CT molecular complexity index is 1640. The van der Waals surface area contributed by atoms with Gasteiger partial charge in [0.25, 0.3) is 0 Å². The predicted octanol–water partition coefficient (Wildman–Crippen LogP) is 5.05. The van der Waals surface area contributed by atoms with Gasteiger partial charge in [-0.05, 0) is 79.1 Å². The molecule has 12 nitrogen and oxygen atoms in total. The number of rotatable bonds is 17. The maximum absolute atomic E-state index is 12.7. The molecule has 0 saturated heterocycles. The maximum Gasteiger partial charge on any atom is 0.343 e. The molecule has 3 rings (SSSR count). The van der Waals surface area contributed by atoms with Gasteiger partial charge in [-0.3, -0.25) is 9.59 Å². The van der Waals surface area contributed by atoms with Crippen molar-refractivity contribution in [2.75, 3.05) is 19.8 Å². The van der Waals surface area contributed by atoms with Crippen LogP contribution in [-0.4, -0.2) is 55.6 Å². The number of hydrogen-bond donors (Lipinski definition) is 0. The van der Waals surface area contributed by atoms with Crippen molar-refractivity contribution in [3.05, 3.63) is 114 Å². The van der Waals surface area contributed by atoms with E-state index in [1.54, 1.807) is 37.3 Å². The highest BCUT2D eigenvalue weighted by atomic mass is 16.6. The van der Waals surface area contributed by atoms with Crippen LogP contribution in [-0.2, 0) is 39.8 Å². The van der Waals surface area contributed by atoms with Gasteiger partial charge in [-0.2, -0.15) is 0 Å². The monoisotopic (exact) mass is 658 g/mol. The number of carbonyl (C=O) groups excluding carboxylic acids is 6. The van der Waals surface area contributed by atoms with Crippen molar-refractivity contribution in [1.82, 2.24) is 0 Å². The summed E-state index contributed by atoms with van der Waals surface area (Å²) < 4.78 is 30.7. The van der Waals surface area contributed by atoms with E-state index in [0.717, 1.165) is 17.7 Å². The Morgan fingerprint density at radius 3 is 1.77 bits per heavy atom. The summed E-state index contributed by atoms with van der Waals surface area (Å²) in [6.07, 6.45) is 2.69. The molecule has 0 aliphatic carbocycles. The lowest BCUT2D eigenvalue weighted by Crippen LogP contribution is -2.14. The van der Waals surface area contributed by atoms with Crippen molar-refractivity contribution in [3.63, 3.8) is 0 Å². The lowest BCUT2D eigenvalue weighted by molar-refractivity contribution is -0.149. The molecule has 3 aromatic carbocycles. The maximum atomic E-state index is 12.7. The van der Waals surface area contributed by atoms with Crippen LogP contribution >= 0.6 is 0 Å². The lowest BCUT2D eigenvalue weighted by atomic mass is 10.1.